The molecule has 7 heteroatoms. The molecular weight excluding hydrogens is 428 g/mol. The minimum Gasteiger partial charge on any atom is -0.462 e. The molecule has 0 atom stereocenters. The van der Waals surface area contributed by atoms with Crippen molar-refractivity contribution < 1.29 is 27.5 Å². The average molecular weight is 453 g/mol. The van der Waals surface area contributed by atoms with E-state index in [1.54, 1.807) is 79.7 Å². The maximum absolute atomic E-state index is 12.6. The first-order valence-electron chi connectivity index (χ1n) is 10.1. The van der Waals surface area contributed by atoms with E-state index in [1.807, 2.05) is 6.92 Å². The van der Waals surface area contributed by atoms with Gasteiger partial charge in [0.25, 0.3) is 0 Å². The summed E-state index contributed by atoms with van der Waals surface area (Å²) in [5.74, 6) is -1.08. The van der Waals surface area contributed by atoms with E-state index in [1.165, 1.54) is 0 Å². The van der Waals surface area contributed by atoms with Gasteiger partial charge in [-0.3, -0.25) is 0 Å². The van der Waals surface area contributed by atoms with Crippen LogP contribution in [-0.2, 0) is 31.7 Å². The van der Waals surface area contributed by atoms with Gasteiger partial charge in [-0.05, 0) is 61.4 Å². The number of sulfone groups is 1. The number of hydrogen-bond donors (Lipinski definition) is 0. The summed E-state index contributed by atoms with van der Waals surface area (Å²) in [6.45, 7) is 3.98. The summed E-state index contributed by atoms with van der Waals surface area (Å²) in [4.78, 5) is 24.2. The molecule has 32 heavy (non-hydrogen) atoms. The van der Waals surface area contributed by atoms with Crippen molar-refractivity contribution in [3.05, 3.63) is 101 Å². The smallest absolute Gasteiger partial charge is 0.338 e. The highest BCUT2D eigenvalue weighted by atomic mass is 32.2. The van der Waals surface area contributed by atoms with Crippen LogP contribution in [0.4, 0.5) is 0 Å². The Morgan fingerprint density at radius 2 is 1.22 bits per heavy atom. The second-order valence-corrected chi connectivity index (χ2v) is 9.25. The minimum absolute atomic E-state index is 0.0471. The molecule has 3 aromatic rings. The standard InChI is InChI=1S/C25H24O6S/c1-3-30-24(26)21-10-6-19(7-11-21)16-31-25(27)22-12-8-20(9-13-22)17-32(28,29)23-14-4-18(2)5-15-23/h4-15H,3,16-17H2,1-2H3. The largest absolute Gasteiger partial charge is 0.462 e. The number of esters is 2. The van der Waals surface area contributed by atoms with Gasteiger partial charge in [0.2, 0.25) is 0 Å². The van der Waals surface area contributed by atoms with Crippen LogP contribution in [0.15, 0.2) is 77.7 Å². The average Bonchev–Trinajstić information content (AvgIpc) is 2.78. The summed E-state index contributed by atoms with van der Waals surface area (Å²) >= 11 is 0. The van der Waals surface area contributed by atoms with Gasteiger partial charge in [-0.15, -0.1) is 0 Å². The molecule has 0 spiro atoms. The Kier molecular flexibility index (Phi) is 7.43. The fourth-order valence-corrected chi connectivity index (χ4v) is 4.32. The van der Waals surface area contributed by atoms with E-state index in [0.717, 1.165) is 11.1 Å². The van der Waals surface area contributed by atoms with Crippen molar-refractivity contribution in [1.82, 2.24) is 0 Å². The fraction of sp³-hybridized carbons (Fsp3) is 0.200. The maximum atomic E-state index is 12.6. The lowest BCUT2D eigenvalue weighted by Crippen LogP contribution is -2.08. The Balaban J connectivity index is 1.58. The van der Waals surface area contributed by atoms with Crippen molar-refractivity contribution in [2.75, 3.05) is 6.61 Å². The summed E-state index contributed by atoms with van der Waals surface area (Å²) in [5.41, 5.74) is 3.05. The zero-order valence-electron chi connectivity index (χ0n) is 17.9. The normalized spacial score (nSPS) is 11.1. The van der Waals surface area contributed by atoms with E-state index in [9.17, 15) is 18.0 Å². The summed E-state index contributed by atoms with van der Waals surface area (Å²) < 4.78 is 35.4. The van der Waals surface area contributed by atoms with E-state index in [0.29, 0.717) is 23.3 Å². The molecule has 0 bridgehead atoms. The lowest BCUT2D eigenvalue weighted by Gasteiger charge is -2.08. The molecule has 0 saturated carbocycles. The van der Waals surface area contributed by atoms with E-state index < -0.39 is 21.8 Å². The van der Waals surface area contributed by atoms with Crippen molar-refractivity contribution >= 4 is 21.8 Å². The molecule has 0 radical (unpaired) electrons. The van der Waals surface area contributed by atoms with Crippen LogP contribution in [-0.4, -0.2) is 27.0 Å². The first kappa shape index (κ1) is 23.2. The Hall–Kier alpha value is -3.45. The van der Waals surface area contributed by atoms with Crippen LogP contribution in [0.25, 0.3) is 0 Å². The number of hydrogen-bond acceptors (Lipinski definition) is 6. The predicted molar refractivity (Wildman–Crippen MR) is 120 cm³/mol. The van der Waals surface area contributed by atoms with Gasteiger partial charge >= 0.3 is 11.9 Å². The van der Waals surface area contributed by atoms with Crippen molar-refractivity contribution in [1.29, 1.82) is 0 Å². The third-order valence-corrected chi connectivity index (χ3v) is 6.47. The third-order valence-electron chi connectivity index (χ3n) is 4.76. The molecule has 0 aliphatic heterocycles. The van der Waals surface area contributed by atoms with Gasteiger partial charge in [0.15, 0.2) is 9.84 Å². The fourth-order valence-electron chi connectivity index (χ4n) is 2.97. The molecule has 0 aromatic heterocycles. The van der Waals surface area contributed by atoms with Gasteiger partial charge in [0, 0.05) is 0 Å². The van der Waals surface area contributed by atoms with Crippen molar-refractivity contribution in [3.63, 3.8) is 0 Å². The lowest BCUT2D eigenvalue weighted by molar-refractivity contribution is 0.0469. The van der Waals surface area contributed by atoms with Crippen molar-refractivity contribution in [2.24, 2.45) is 0 Å². The molecule has 0 aliphatic carbocycles. The number of ether oxygens (including phenoxy) is 2. The van der Waals surface area contributed by atoms with Crippen LogP contribution in [0.1, 0.15) is 44.3 Å². The minimum atomic E-state index is -3.47. The van der Waals surface area contributed by atoms with Gasteiger partial charge < -0.3 is 9.47 Å². The molecule has 0 saturated heterocycles. The van der Waals surface area contributed by atoms with Gasteiger partial charge in [-0.25, -0.2) is 18.0 Å². The van der Waals surface area contributed by atoms with E-state index >= 15 is 0 Å². The van der Waals surface area contributed by atoms with Crippen LogP contribution in [0.2, 0.25) is 0 Å². The molecule has 0 aliphatic rings. The van der Waals surface area contributed by atoms with E-state index in [2.05, 4.69) is 0 Å². The molecule has 0 heterocycles. The quantitative estimate of drug-likeness (QED) is 0.468. The predicted octanol–water partition coefficient (Wildman–Crippen LogP) is 4.50. The number of rotatable bonds is 8. The zero-order valence-corrected chi connectivity index (χ0v) is 18.7. The monoisotopic (exact) mass is 452 g/mol. The summed E-state index contributed by atoms with van der Waals surface area (Å²) in [6.07, 6.45) is 0. The second kappa shape index (κ2) is 10.2. The first-order valence-corrected chi connectivity index (χ1v) is 11.8. The van der Waals surface area contributed by atoms with E-state index in [4.69, 9.17) is 9.47 Å². The Bertz CT molecular complexity index is 1180. The number of carbonyl (C=O) groups is 2. The van der Waals surface area contributed by atoms with Crippen LogP contribution < -0.4 is 0 Å². The summed E-state index contributed by atoms with van der Waals surface area (Å²) in [7, 11) is -3.47. The topological polar surface area (TPSA) is 86.7 Å². The molecule has 6 nitrogen and oxygen atoms in total. The molecule has 0 N–H and O–H groups in total. The van der Waals surface area contributed by atoms with Gasteiger partial charge in [0.1, 0.15) is 6.61 Å². The molecule has 0 unspecified atom stereocenters. The number of carbonyl (C=O) groups excluding carboxylic acids is 2. The molecule has 0 amide bonds. The Morgan fingerprint density at radius 1 is 0.719 bits per heavy atom. The van der Waals surface area contributed by atoms with Gasteiger partial charge in [0.05, 0.1) is 28.4 Å². The highest BCUT2D eigenvalue weighted by Gasteiger charge is 2.16. The highest BCUT2D eigenvalue weighted by molar-refractivity contribution is 7.90. The highest BCUT2D eigenvalue weighted by Crippen LogP contribution is 2.18. The zero-order chi connectivity index (χ0) is 23.1. The van der Waals surface area contributed by atoms with Crippen molar-refractivity contribution in [3.8, 4) is 0 Å². The first-order chi connectivity index (χ1) is 15.3. The van der Waals surface area contributed by atoms with Crippen molar-refractivity contribution in [2.45, 2.75) is 31.1 Å². The molecule has 0 fully saturated rings. The van der Waals surface area contributed by atoms with Crippen LogP contribution in [0, 0.1) is 6.92 Å². The lowest BCUT2D eigenvalue weighted by atomic mass is 10.1. The van der Waals surface area contributed by atoms with Gasteiger partial charge in [-0.1, -0.05) is 42.0 Å². The molecule has 3 aromatic carbocycles. The van der Waals surface area contributed by atoms with Crippen LogP contribution >= 0.6 is 0 Å². The molecule has 3 rings (SSSR count). The van der Waals surface area contributed by atoms with E-state index in [-0.39, 0.29) is 17.3 Å². The molecular formula is C25H24O6S. The Morgan fingerprint density at radius 3 is 1.75 bits per heavy atom. The second-order valence-electron chi connectivity index (χ2n) is 7.26. The molecule has 166 valence electrons. The summed E-state index contributed by atoms with van der Waals surface area (Å²) in [5, 5.41) is 0. The SMILES string of the molecule is CCOC(=O)c1ccc(COC(=O)c2ccc(CS(=O)(=O)c3ccc(C)cc3)cc2)cc1. The maximum Gasteiger partial charge on any atom is 0.338 e. The Labute approximate surface area is 187 Å². The van der Waals surface area contributed by atoms with Crippen LogP contribution in [0.5, 0.6) is 0 Å². The summed E-state index contributed by atoms with van der Waals surface area (Å²) in [6, 6.07) is 19.6. The number of benzene rings is 3. The van der Waals surface area contributed by atoms with Gasteiger partial charge in [-0.2, -0.15) is 0 Å². The van der Waals surface area contributed by atoms with Crippen LogP contribution in [0.3, 0.4) is 0 Å². The third kappa shape index (κ3) is 6.04. The number of aryl methyl sites for hydroxylation is 1.